The molecule has 9 nitrogen and oxygen atoms in total. The fraction of sp³-hybridized carbons (Fsp3) is 0.0741. The lowest BCUT2D eigenvalue weighted by atomic mass is 10.1. The molecule has 5 aromatic rings. The lowest BCUT2D eigenvalue weighted by Crippen LogP contribution is -2.16. The van der Waals surface area contributed by atoms with Crippen molar-refractivity contribution in [3.63, 3.8) is 0 Å². The number of para-hydroxylation sites is 1. The Morgan fingerprint density at radius 3 is 2.53 bits per heavy atom. The molecule has 0 fully saturated rings. The van der Waals surface area contributed by atoms with E-state index in [1.807, 2.05) is 42.5 Å². The van der Waals surface area contributed by atoms with E-state index in [1.165, 1.54) is 12.1 Å². The van der Waals surface area contributed by atoms with E-state index in [-0.39, 0.29) is 27.3 Å². The molecule has 0 aliphatic heterocycles. The van der Waals surface area contributed by atoms with Crippen LogP contribution in [0.15, 0.2) is 100 Å². The van der Waals surface area contributed by atoms with Gasteiger partial charge in [-0.15, -0.1) is 10.2 Å². The number of aromatic nitrogens is 1. The minimum absolute atomic E-state index is 0.0992. The first-order valence-electron chi connectivity index (χ1n) is 11.5. The average Bonchev–Trinajstić information content (AvgIpc) is 3.16. The number of primary sulfonamides is 1. The van der Waals surface area contributed by atoms with Crippen molar-refractivity contribution in [1.82, 2.24) is 4.57 Å². The fourth-order valence-electron chi connectivity index (χ4n) is 4.26. The molecule has 5 rings (SSSR count). The van der Waals surface area contributed by atoms with Crippen LogP contribution in [0.3, 0.4) is 0 Å². The SMILES string of the molecule is COc1ccc2c(c1)c(N=NC(=S)Nc1ccccc1S(N)(=O)=O)c(O)n2Cc1ccc2ccccc2c1. The van der Waals surface area contributed by atoms with Crippen LogP contribution < -0.4 is 15.2 Å². The van der Waals surface area contributed by atoms with Gasteiger partial charge in [-0.1, -0.05) is 48.5 Å². The Kier molecular flexibility index (Phi) is 6.81. The zero-order valence-electron chi connectivity index (χ0n) is 20.2. The third kappa shape index (κ3) is 5.07. The molecule has 0 radical (unpaired) electrons. The van der Waals surface area contributed by atoms with Gasteiger partial charge in [-0.25, -0.2) is 13.6 Å². The summed E-state index contributed by atoms with van der Waals surface area (Å²) in [5.41, 5.74) is 2.09. The molecule has 11 heteroatoms. The third-order valence-electron chi connectivity index (χ3n) is 6.05. The van der Waals surface area contributed by atoms with Crippen molar-refractivity contribution in [3.05, 3.63) is 90.5 Å². The molecule has 4 N–H and O–H groups in total. The van der Waals surface area contributed by atoms with Crippen LogP contribution in [0.5, 0.6) is 11.6 Å². The Bertz CT molecular complexity index is 1830. The molecule has 1 aromatic heterocycles. The van der Waals surface area contributed by atoms with E-state index in [1.54, 1.807) is 35.9 Å². The molecule has 0 bridgehead atoms. The van der Waals surface area contributed by atoms with Crippen LogP contribution in [0.1, 0.15) is 5.56 Å². The van der Waals surface area contributed by atoms with E-state index in [2.05, 4.69) is 21.6 Å². The highest BCUT2D eigenvalue weighted by Gasteiger charge is 2.19. The molecule has 4 aromatic carbocycles. The van der Waals surface area contributed by atoms with Crippen LogP contribution >= 0.6 is 12.2 Å². The van der Waals surface area contributed by atoms with Gasteiger partial charge in [0.25, 0.3) is 0 Å². The summed E-state index contributed by atoms with van der Waals surface area (Å²) in [5, 5.41) is 30.2. The quantitative estimate of drug-likeness (QED) is 0.186. The van der Waals surface area contributed by atoms with Crippen molar-refractivity contribution in [2.45, 2.75) is 11.4 Å². The van der Waals surface area contributed by atoms with Gasteiger partial charge in [-0.05, 0) is 65.0 Å². The number of anilines is 1. The minimum Gasteiger partial charge on any atom is -0.497 e. The molecule has 0 aliphatic rings. The van der Waals surface area contributed by atoms with Gasteiger partial charge in [-0.3, -0.25) is 0 Å². The lowest BCUT2D eigenvalue weighted by molar-refractivity contribution is 0.415. The van der Waals surface area contributed by atoms with Crippen LogP contribution in [0.2, 0.25) is 0 Å². The second-order valence-electron chi connectivity index (χ2n) is 8.49. The zero-order valence-corrected chi connectivity index (χ0v) is 21.8. The number of fused-ring (bicyclic) bond motifs is 2. The number of methoxy groups -OCH3 is 1. The number of hydrogen-bond acceptors (Lipinski definition) is 6. The second kappa shape index (κ2) is 10.2. The predicted octanol–water partition coefficient (Wildman–Crippen LogP) is 5.69. The molecule has 1 heterocycles. The molecule has 0 aliphatic carbocycles. The van der Waals surface area contributed by atoms with E-state index in [0.29, 0.717) is 17.7 Å². The van der Waals surface area contributed by atoms with Gasteiger partial charge < -0.3 is 19.7 Å². The lowest BCUT2D eigenvalue weighted by Gasteiger charge is -2.09. The van der Waals surface area contributed by atoms with Gasteiger partial charge in [0, 0.05) is 5.39 Å². The Morgan fingerprint density at radius 1 is 1.03 bits per heavy atom. The largest absolute Gasteiger partial charge is 0.497 e. The van der Waals surface area contributed by atoms with Crippen molar-refractivity contribution >= 4 is 60.4 Å². The number of thiocarbonyl (C=S) groups is 1. The number of benzene rings is 4. The summed E-state index contributed by atoms with van der Waals surface area (Å²) in [7, 11) is -2.43. The maximum atomic E-state index is 11.9. The number of nitrogens with two attached hydrogens (primary N) is 1. The first kappa shape index (κ1) is 25.3. The second-order valence-corrected chi connectivity index (χ2v) is 10.4. The number of azo groups is 1. The van der Waals surface area contributed by atoms with Crippen molar-refractivity contribution in [1.29, 1.82) is 0 Å². The highest BCUT2D eigenvalue weighted by molar-refractivity contribution is 7.89. The molecule has 38 heavy (non-hydrogen) atoms. The summed E-state index contributed by atoms with van der Waals surface area (Å²) in [6, 6.07) is 25.6. The maximum absolute atomic E-state index is 11.9. The van der Waals surface area contributed by atoms with Gasteiger partial charge in [0.1, 0.15) is 10.6 Å². The van der Waals surface area contributed by atoms with Gasteiger partial charge in [0.15, 0.2) is 5.69 Å². The number of ether oxygens (including phenoxy) is 1. The van der Waals surface area contributed by atoms with Crippen LogP contribution in [-0.4, -0.2) is 30.3 Å². The van der Waals surface area contributed by atoms with E-state index < -0.39 is 10.0 Å². The monoisotopic (exact) mass is 545 g/mol. The van der Waals surface area contributed by atoms with Crippen molar-refractivity contribution in [2.24, 2.45) is 15.4 Å². The fourth-order valence-corrected chi connectivity index (χ4v) is 5.11. The van der Waals surface area contributed by atoms with Crippen LogP contribution in [0, 0.1) is 0 Å². The van der Waals surface area contributed by atoms with Gasteiger partial charge >= 0.3 is 0 Å². The highest BCUT2D eigenvalue weighted by atomic mass is 32.2. The Labute approximate surface area is 224 Å². The van der Waals surface area contributed by atoms with E-state index >= 15 is 0 Å². The molecule has 0 saturated carbocycles. The maximum Gasteiger partial charge on any atom is 0.240 e. The first-order chi connectivity index (χ1) is 18.2. The van der Waals surface area contributed by atoms with Crippen molar-refractivity contribution < 1.29 is 18.3 Å². The Balaban J connectivity index is 1.51. The Hall–Kier alpha value is -4.32. The van der Waals surface area contributed by atoms with E-state index in [9.17, 15) is 13.5 Å². The van der Waals surface area contributed by atoms with Crippen molar-refractivity contribution in [2.75, 3.05) is 12.4 Å². The molecule has 0 unspecified atom stereocenters. The highest BCUT2D eigenvalue weighted by Crippen LogP contribution is 2.41. The summed E-state index contributed by atoms with van der Waals surface area (Å²) in [5.74, 6) is 0.484. The standard InChI is InChI=1S/C27H23N5O4S2/c1-36-20-12-13-23-21(15-20)25(30-31-27(37)29-22-8-4-5-9-24(22)38(28,34)35)26(33)32(23)16-17-10-11-18-6-2-3-7-19(18)14-17/h2-15,33H,16H2,1H3,(H,29,37)(H2,28,34,35). The number of sulfonamides is 1. The van der Waals surface area contributed by atoms with Gasteiger partial charge in [-0.2, -0.15) is 0 Å². The summed E-state index contributed by atoms with van der Waals surface area (Å²) in [4.78, 5) is -0.128. The van der Waals surface area contributed by atoms with Crippen LogP contribution in [0.4, 0.5) is 11.4 Å². The average molecular weight is 546 g/mol. The summed E-state index contributed by atoms with van der Waals surface area (Å²) in [6.45, 7) is 0.388. The van der Waals surface area contributed by atoms with Crippen LogP contribution in [-0.2, 0) is 16.6 Å². The van der Waals surface area contributed by atoms with Gasteiger partial charge in [0.05, 0.1) is 24.9 Å². The number of rotatable bonds is 6. The Morgan fingerprint density at radius 2 is 1.76 bits per heavy atom. The molecular formula is C27H23N5O4S2. The number of nitrogens with one attached hydrogen (secondary N) is 1. The molecular weight excluding hydrogens is 522 g/mol. The smallest absolute Gasteiger partial charge is 0.240 e. The first-order valence-corrected chi connectivity index (χ1v) is 13.4. The number of nitrogens with zero attached hydrogens (tertiary/aromatic N) is 3. The van der Waals surface area contributed by atoms with E-state index in [0.717, 1.165) is 21.9 Å². The summed E-state index contributed by atoms with van der Waals surface area (Å²) in [6.07, 6.45) is 0. The molecule has 0 spiro atoms. The number of hydrogen-bond donors (Lipinski definition) is 3. The van der Waals surface area contributed by atoms with Gasteiger partial charge in [0.2, 0.25) is 21.0 Å². The molecule has 0 saturated heterocycles. The normalized spacial score (nSPS) is 11.8. The van der Waals surface area contributed by atoms with Crippen molar-refractivity contribution in [3.8, 4) is 11.6 Å². The number of aromatic hydroxyl groups is 1. The van der Waals surface area contributed by atoms with E-state index in [4.69, 9.17) is 22.1 Å². The molecule has 0 amide bonds. The summed E-state index contributed by atoms with van der Waals surface area (Å²) >= 11 is 5.27. The molecule has 0 atom stereocenters. The molecule has 192 valence electrons. The zero-order chi connectivity index (χ0) is 26.9. The third-order valence-corrected chi connectivity index (χ3v) is 7.20. The van der Waals surface area contributed by atoms with Crippen LogP contribution in [0.25, 0.3) is 21.7 Å². The summed E-state index contributed by atoms with van der Waals surface area (Å²) < 4.78 is 30.9. The predicted molar refractivity (Wildman–Crippen MR) is 152 cm³/mol. The minimum atomic E-state index is -3.98. The topological polar surface area (TPSA) is 131 Å².